The SMILES string of the molecule is Cc1ccc([C@H](C)N)c(OC(C)C(=O)N(C)C)c1. The Morgan fingerprint density at radius 3 is 2.44 bits per heavy atom. The second-order valence-corrected chi connectivity index (χ2v) is 4.82. The van der Waals surface area contributed by atoms with E-state index in [4.69, 9.17) is 10.5 Å². The van der Waals surface area contributed by atoms with E-state index in [9.17, 15) is 4.79 Å². The minimum absolute atomic E-state index is 0.0628. The molecule has 0 fully saturated rings. The van der Waals surface area contributed by atoms with Crippen LogP contribution in [-0.4, -0.2) is 31.0 Å². The van der Waals surface area contributed by atoms with Gasteiger partial charge < -0.3 is 15.4 Å². The smallest absolute Gasteiger partial charge is 0.262 e. The molecule has 4 heteroatoms. The van der Waals surface area contributed by atoms with Gasteiger partial charge in [0.15, 0.2) is 6.10 Å². The molecule has 0 saturated carbocycles. The Hall–Kier alpha value is -1.55. The van der Waals surface area contributed by atoms with Crippen molar-refractivity contribution in [2.45, 2.75) is 32.9 Å². The molecular formula is C14H22N2O2. The van der Waals surface area contributed by atoms with E-state index in [1.54, 1.807) is 21.0 Å². The van der Waals surface area contributed by atoms with Gasteiger partial charge in [0.25, 0.3) is 5.91 Å². The third-order valence-electron chi connectivity index (χ3n) is 2.75. The molecule has 18 heavy (non-hydrogen) atoms. The first kappa shape index (κ1) is 14.5. The molecule has 4 nitrogen and oxygen atoms in total. The zero-order valence-electron chi connectivity index (χ0n) is 11.7. The summed E-state index contributed by atoms with van der Waals surface area (Å²) in [6.07, 6.45) is -0.515. The van der Waals surface area contributed by atoms with Crippen LogP contribution in [0.25, 0.3) is 0 Å². The molecule has 1 unspecified atom stereocenters. The van der Waals surface area contributed by atoms with Crippen molar-refractivity contribution in [2.75, 3.05) is 14.1 Å². The number of benzene rings is 1. The highest BCUT2D eigenvalue weighted by Crippen LogP contribution is 2.26. The third kappa shape index (κ3) is 3.47. The molecule has 2 atom stereocenters. The monoisotopic (exact) mass is 250 g/mol. The summed E-state index contributed by atoms with van der Waals surface area (Å²) in [7, 11) is 3.43. The van der Waals surface area contributed by atoms with Crippen LogP contribution in [0.1, 0.15) is 31.0 Å². The predicted octanol–water partition coefficient (Wildman–Crippen LogP) is 1.87. The summed E-state index contributed by atoms with van der Waals surface area (Å²) in [4.78, 5) is 13.3. The zero-order valence-corrected chi connectivity index (χ0v) is 11.7. The van der Waals surface area contributed by atoms with E-state index in [1.807, 2.05) is 32.0 Å². The van der Waals surface area contributed by atoms with Crippen LogP contribution in [0.5, 0.6) is 5.75 Å². The normalized spacial score (nSPS) is 13.9. The van der Waals surface area contributed by atoms with Gasteiger partial charge in [0, 0.05) is 25.7 Å². The number of amides is 1. The van der Waals surface area contributed by atoms with Crippen LogP contribution in [0.4, 0.5) is 0 Å². The summed E-state index contributed by atoms with van der Waals surface area (Å²) in [5, 5.41) is 0. The topological polar surface area (TPSA) is 55.6 Å². The van der Waals surface area contributed by atoms with Gasteiger partial charge in [0.2, 0.25) is 0 Å². The molecule has 0 spiro atoms. The van der Waals surface area contributed by atoms with Crippen molar-refractivity contribution >= 4 is 5.91 Å². The Morgan fingerprint density at radius 1 is 1.33 bits per heavy atom. The molecule has 1 rings (SSSR count). The maximum atomic E-state index is 11.8. The van der Waals surface area contributed by atoms with E-state index in [0.717, 1.165) is 11.1 Å². The number of hydrogen-bond acceptors (Lipinski definition) is 3. The van der Waals surface area contributed by atoms with Crippen LogP contribution in [0.15, 0.2) is 18.2 Å². The average Bonchev–Trinajstić information content (AvgIpc) is 2.27. The number of nitrogens with zero attached hydrogens (tertiary/aromatic N) is 1. The van der Waals surface area contributed by atoms with Crippen molar-refractivity contribution in [2.24, 2.45) is 5.73 Å². The number of ether oxygens (including phenoxy) is 1. The summed E-state index contributed by atoms with van der Waals surface area (Å²) in [6.45, 7) is 5.63. The van der Waals surface area contributed by atoms with Crippen molar-refractivity contribution in [1.29, 1.82) is 0 Å². The third-order valence-corrected chi connectivity index (χ3v) is 2.75. The first-order chi connectivity index (χ1) is 8.32. The Balaban J connectivity index is 2.96. The molecule has 2 N–H and O–H groups in total. The summed E-state index contributed by atoms with van der Waals surface area (Å²) >= 11 is 0. The fourth-order valence-corrected chi connectivity index (χ4v) is 1.72. The lowest BCUT2D eigenvalue weighted by Gasteiger charge is -2.21. The van der Waals surface area contributed by atoms with E-state index < -0.39 is 6.10 Å². The fraction of sp³-hybridized carbons (Fsp3) is 0.500. The summed E-state index contributed by atoms with van der Waals surface area (Å²) in [5.74, 6) is 0.625. The van der Waals surface area contributed by atoms with Crippen molar-refractivity contribution in [3.8, 4) is 5.75 Å². The molecule has 0 saturated heterocycles. The van der Waals surface area contributed by atoms with Crippen LogP contribution in [0.2, 0.25) is 0 Å². The highest BCUT2D eigenvalue weighted by Gasteiger charge is 2.18. The number of rotatable bonds is 4. The van der Waals surface area contributed by atoms with Gasteiger partial charge >= 0.3 is 0 Å². The molecule has 1 aromatic rings. The molecule has 0 aliphatic heterocycles. The van der Waals surface area contributed by atoms with Crippen LogP contribution < -0.4 is 10.5 Å². The average molecular weight is 250 g/mol. The highest BCUT2D eigenvalue weighted by atomic mass is 16.5. The van der Waals surface area contributed by atoms with Gasteiger partial charge in [-0.05, 0) is 32.4 Å². The quantitative estimate of drug-likeness (QED) is 0.887. The molecule has 0 bridgehead atoms. The lowest BCUT2D eigenvalue weighted by atomic mass is 10.1. The maximum Gasteiger partial charge on any atom is 0.262 e. The molecule has 100 valence electrons. The molecule has 1 aromatic carbocycles. The van der Waals surface area contributed by atoms with Crippen molar-refractivity contribution in [1.82, 2.24) is 4.90 Å². The van der Waals surface area contributed by atoms with Crippen LogP contribution >= 0.6 is 0 Å². The van der Waals surface area contributed by atoms with Gasteiger partial charge in [-0.1, -0.05) is 12.1 Å². The van der Waals surface area contributed by atoms with E-state index in [0.29, 0.717) is 5.75 Å². The van der Waals surface area contributed by atoms with E-state index in [1.165, 1.54) is 4.90 Å². The maximum absolute atomic E-state index is 11.8. The van der Waals surface area contributed by atoms with Gasteiger partial charge in [-0.15, -0.1) is 0 Å². The lowest BCUT2D eigenvalue weighted by molar-refractivity contribution is -0.135. The minimum atomic E-state index is -0.515. The molecule has 0 heterocycles. The first-order valence-electron chi connectivity index (χ1n) is 6.07. The Kier molecular flexibility index (Phi) is 4.73. The van der Waals surface area contributed by atoms with Gasteiger partial charge in [-0.25, -0.2) is 0 Å². The zero-order chi connectivity index (χ0) is 13.9. The Morgan fingerprint density at radius 2 is 1.94 bits per heavy atom. The van der Waals surface area contributed by atoms with Crippen molar-refractivity contribution in [3.05, 3.63) is 29.3 Å². The first-order valence-corrected chi connectivity index (χ1v) is 6.07. The standard InChI is InChI=1S/C14H22N2O2/c1-9-6-7-12(10(2)15)13(8-9)18-11(3)14(17)16(4)5/h6-8,10-11H,15H2,1-5H3/t10-,11?/m0/s1. The Bertz CT molecular complexity index is 428. The van der Waals surface area contributed by atoms with Crippen molar-refractivity contribution < 1.29 is 9.53 Å². The van der Waals surface area contributed by atoms with Gasteiger partial charge in [-0.3, -0.25) is 4.79 Å². The largest absolute Gasteiger partial charge is 0.481 e. The fourth-order valence-electron chi connectivity index (χ4n) is 1.72. The lowest BCUT2D eigenvalue weighted by Crippen LogP contribution is -2.35. The van der Waals surface area contributed by atoms with Gasteiger partial charge in [-0.2, -0.15) is 0 Å². The second kappa shape index (κ2) is 5.87. The van der Waals surface area contributed by atoms with Gasteiger partial charge in [0.1, 0.15) is 5.75 Å². The number of carbonyl (C=O) groups is 1. The summed E-state index contributed by atoms with van der Waals surface area (Å²) in [6, 6.07) is 5.73. The van der Waals surface area contributed by atoms with E-state index >= 15 is 0 Å². The number of hydrogen-bond donors (Lipinski definition) is 1. The molecule has 0 aliphatic carbocycles. The molecule has 0 aliphatic rings. The van der Waals surface area contributed by atoms with Crippen LogP contribution in [0, 0.1) is 6.92 Å². The predicted molar refractivity (Wildman–Crippen MR) is 72.6 cm³/mol. The summed E-state index contributed by atoms with van der Waals surface area (Å²) in [5.41, 5.74) is 7.90. The number of nitrogens with two attached hydrogens (primary N) is 1. The van der Waals surface area contributed by atoms with E-state index in [2.05, 4.69) is 0 Å². The molecule has 1 amide bonds. The second-order valence-electron chi connectivity index (χ2n) is 4.82. The summed E-state index contributed by atoms with van der Waals surface area (Å²) < 4.78 is 5.74. The number of aryl methyl sites for hydroxylation is 1. The van der Waals surface area contributed by atoms with Gasteiger partial charge in [0.05, 0.1) is 0 Å². The van der Waals surface area contributed by atoms with Crippen LogP contribution in [-0.2, 0) is 4.79 Å². The van der Waals surface area contributed by atoms with Crippen LogP contribution in [0.3, 0.4) is 0 Å². The molecular weight excluding hydrogens is 228 g/mol. The van der Waals surface area contributed by atoms with Crippen molar-refractivity contribution in [3.63, 3.8) is 0 Å². The molecule has 0 radical (unpaired) electrons. The highest BCUT2D eigenvalue weighted by molar-refractivity contribution is 5.80. The Labute approximate surface area is 109 Å². The number of carbonyl (C=O) groups excluding carboxylic acids is 1. The number of likely N-dealkylation sites (N-methyl/N-ethyl adjacent to an activating group) is 1. The minimum Gasteiger partial charge on any atom is -0.481 e. The molecule has 0 aromatic heterocycles. The van der Waals surface area contributed by atoms with E-state index in [-0.39, 0.29) is 11.9 Å².